The number of nitrogens with one attached hydrogen (secondary N) is 3. The molecule has 4 N–H and O–H groups in total. The Labute approximate surface area is 207 Å². The van der Waals surface area contributed by atoms with Crippen molar-refractivity contribution in [1.29, 1.82) is 0 Å². The Bertz CT molecular complexity index is 1120. The van der Waals surface area contributed by atoms with Crippen molar-refractivity contribution in [2.75, 3.05) is 17.2 Å². The van der Waals surface area contributed by atoms with Crippen LogP contribution < -0.4 is 16.0 Å². The van der Waals surface area contributed by atoms with Crippen LogP contribution in [0, 0.1) is 5.92 Å². The number of amides is 2. The van der Waals surface area contributed by atoms with Crippen molar-refractivity contribution >= 4 is 58.1 Å². The van der Waals surface area contributed by atoms with Crippen molar-refractivity contribution in [2.45, 2.75) is 32.9 Å². The first kappa shape index (κ1) is 25.4. The van der Waals surface area contributed by atoms with Gasteiger partial charge in [0.15, 0.2) is 6.23 Å². The number of benzene rings is 2. The van der Waals surface area contributed by atoms with Gasteiger partial charge in [-0.2, -0.15) is 0 Å². The summed E-state index contributed by atoms with van der Waals surface area (Å²) >= 11 is 12.4. The lowest BCUT2D eigenvalue weighted by molar-refractivity contribution is -0.124. The number of carboxylic acid groups (broad SMARTS) is 1. The van der Waals surface area contributed by atoms with Crippen molar-refractivity contribution in [3.8, 4) is 0 Å². The Kier molecular flexibility index (Phi) is 8.41. The molecule has 34 heavy (non-hydrogen) atoms. The molecule has 1 atom stereocenters. The van der Waals surface area contributed by atoms with E-state index in [1.807, 2.05) is 26.0 Å². The molecule has 0 saturated heterocycles. The average molecular weight is 506 g/mol. The van der Waals surface area contributed by atoms with Gasteiger partial charge in [-0.05, 0) is 41.8 Å². The van der Waals surface area contributed by atoms with E-state index >= 15 is 0 Å². The van der Waals surface area contributed by atoms with Gasteiger partial charge in [-0.15, -0.1) is 0 Å². The number of carbonyl (C=O) groups is 3. The van der Waals surface area contributed by atoms with E-state index in [2.05, 4.69) is 16.0 Å². The van der Waals surface area contributed by atoms with E-state index in [1.54, 1.807) is 24.3 Å². The van der Waals surface area contributed by atoms with Crippen molar-refractivity contribution < 1.29 is 24.2 Å². The predicted octanol–water partition coefficient (Wildman–Crippen LogP) is 5.17. The van der Waals surface area contributed by atoms with Crippen LogP contribution in [-0.2, 0) is 20.7 Å². The third-order valence-corrected chi connectivity index (χ3v) is 5.62. The Morgan fingerprint density at radius 3 is 2.56 bits per heavy atom. The summed E-state index contributed by atoms with van der Waals surface area (Å²) in [5, 5.41) is 18.3. The minimum absolute atomic E-state index is 0.00905. The van der Waals surface area contributed by atoms with Crippen molar-refractivity contribution in [2.24, 2.45) is 5.92 Å². The fourth-order valence-electron chi connectivity index (χ4n) is 3.49. The largest absolute Gasteiger partial charge is 0.507 e. The molecule has 0 spiro atoms. The smallest absolute Gasteiger partial charge is 0.450 e. The summed E-state index contributed by atoms with van der Waals surface area (Å²) in [7, 11) is 0. The monoisotopic (exact) mass is 505 g/mol. The molecule has 3 rings (SSSR count). The summed E-state index contributed by atoms with van der Waals surface area (Å²) in [6, 6.07) is 10.4. The van der Waals surface area contributed by atoms with Gasteiger partial charge in [0.05, 0.1) is 5.02 Å². The van der Waals surface area contributed by atoms with Gasteiger partial charge in [-0.3, -0.25) is 9.59 Å². The Hall–Kier alpha value is -3.23. The Morgan fingerprint density at radius 1 is 1.21 bits per heavy atom. The van der Waals surface area contributed by atoms with E-state index in [1.165, 1.54) is 6.08 Å². The molecule has 1 aliphatic rings. The lowest BCUT2D eigenvalue weighted by Crippen LogP contribution is -2.30. The minimum Gasteiger partial charge on any atom is -0.450 e. The van der Waals surface area contributed by atoms with Gasteiger partial charge in [-0.25, -0.2) is 4.79 Å². The zero-order valence-corrected chi connectivity index (χ0v) is 20.2. The Balaban J connectivity index is 1.70. The second-order valence-corrected chi connectivity index (χ2v) is 8.93. The van der Waals surface area contributed by atoms with Crippen LogP contribution >= 0.6 is 23.2 Å². The third-order valence-electron chi connectivity index (χ3n) is 5.11. The van der Waals surface area contributed by atoms with Gasteiger partial charge < -0.3 is 25.8 Å². The SMILES string of the molecule is CC(C)C(=O)NCCc1ccc(NC(=O)/C=C2\CC(OC(=O)O)Nc3cc(Cl)cc(Cl)c32)cc1. The molecule has 0 saturated carbocycles. The number of ether oxygens (including phenoxy) is 1. The quantitative estimate of drug-likeness (QED) is 0.304. The van der Waals surface area contributed by atoms with E-state index < -0.39 is 18.3 Å². The first-order chi connectivity index (χ1) is 16.1. The molecule has 1 aliphatic heterocycles. The average Bonchev–Trinajstić information content (AvgIpc) is 2.73. The van der Waals surface area contributed by atoms with Gasteiger partial charge in [0.2, 0.25) is 11.8 Å². The van der Waals surface area contributed by atoms with E-state index in [-0.39, 0.29) is 18.2 Å². The molecular formula is C24H25Cl2N3O5. The van der Waals surface area contributed by atoms with Crippen LogP contribution in [0.5, 0.6) is 0 Å². The van der Waals surface area contributed by atoms with Crippen molar-refractivity contribution in [1.82, 2.24) is 5.32 Å². The maximum absolute atomic E-state index is 12.7. The summed E-state index contributed by atoms with van der Waals surface area (Å²) in [5.74, 6) is -0.453. The number of hydrogen-bond donors (Lipinski definition) is 4. The Morgan fingerprint density at radius 2 is 1.91 bits per heavy atom. The van der Waals surface area contributed by atoms with Crippen LogP contribution in [0.3, 0.4) is 0 Å². The van der Waals surface area contributed by atoms with Crippen LogP contribution in [0.15, 0.2) is 42.5 Å². The fourth-order valence-corrected chi connectivity index (χ4v) is 4.10. The molecule has 10 heteroatoms. The van der Waals surface area contributed by atoms with E-state index in [9.17, 15) is 14.4 Å². The first-order valence-electron chi connectivity index (χ1n) is 10.7. The van der Waals surface area contributed by atoms with Gasteiger partial charge >= 0.3 is 6.16 Å². The highest BCUT2D eigenvalue weighted by Crippen LogP contribution is 2.40. The molecule has 2 aromatic carbocycles. The zero-order chi connectivity index (χ0) is 24.8. The van der Waals surface area contributed by atoms with Crippen LogP contribution in [0.25, 0.3) is 5.57 Å². The molecule has 0 bridgehead atoms. The number of carbonyl (C=O) groups excluding carboxylic acids is 2. The second kappa shape index (κ2) is 11.3. The number of rotatable bonds is 7. The summed E-state index contributed by atoms with van der Waals surface area (Å²) in [6.07, 6.45) is -0.190. The molecule has 1 heterocycles. The maximum Gasteiger partial charge on any atom is 0.507 e. The number of fused-ring (bicyclic) bond motifs is 1. The molecule has 0 radical (unpaired) electrons. The summed E-state index contributed by atoms with van der Waals surface area (Å²) < 4.78 is 4.85. The highest BCUT2D eigenvalue weighted by Gasteiger charge is 2.27. The highest BCUT2D eigenvalue weighted by molar-refractivity contribution is 6.36. The fraction of sp³-hybridized carbons (Fsp3) is 0.292. The third kappa shape index (κ3) is 6.88. The molecule has 8 nitrogen and oxygen atoms in total. The van der Waals surface area contributed by atoms with Crippen LogP contribution in [0.2, 0.25) is 10.0 Å². The van der Waals surface area contributed by atoms with Gasteiger partial charge in [0, 0.05) is 46.9 Å². The minimum atomic E-state index is -1.44. The number of anilines is 2. The molecule has 0 fully saturated rings. The molecule has 0 aromatic heterocycles. The molecule has 1 unspecified atom stereocenters. The zero-order valence-electron chi connectivity index (χ0n) is 18.7. The summed E-state index contributed by atoms with van der Waals surface area (Å²) in [6.45, 7) is 4.21. The van der Waals surface area contributed by atoms with Crippen LogP contribution in [0.1, 0.15) is 31.4 Å². The number of halogens is 2. The molecule has 0 aliphatic carbocycles. The van der Waals surface area contributed by atoms with Crippen LogP contribution in [-0.4, -0.2) is 35.8 Å². The highest BCUT2D eigenvalue weighted by atomic mass is 35.5. The van der Waals surface area contributed by atoms with Crippen LogP contribution in [0.4, 0.5) is 16.2 Å². The van der Waals surface area contributed by atoms with E-state index in [4.69, 9.17) is 33.0 Å². The topological polar surface area (TPSA) is 117 Å². The number of hydrogen-bond acceptors (Lipinski definition) is 5. The summed E-state index contributed by atoms with van der Waals surface area (Å²) in [5.41, 5.74) is 3.15. The molecular weight excluding hydrogens is 481 g/mol. The standard InChI is InChI=1S/C24H25Cl2N3O5/c1-13(2)23(31)27-8-7-14-3-5-17(6-4-14)28-20(30)9-15-10-21(34-24(32)33)29-19-12-16(25)11-18(26)22(15)19/h3-6,9,11-13,21,29H,7-8,10H2,1-2H3,(H,27,31)(H,28,30)(H,32,33)/b15-9+. The normalized spacial score (nSPS) is 15.9. The lowest BCUT2D eigenvalue weighted by atomic mass is 9.95. The van der Waals surface area contributed by atoms with E-state index in [0.29, 0.717) is 45.5 Å². The maximum atomic E-state index is 12.7. The lowest BCUT2D eigenvalue weighted by Gasteiger charge is -2.28. The van der Waals surface area contributed by atoms with Gasteiger partial charge in [0.25, 0.3) is 0 Å². The van der Waals surface area contributed by atoms with Crippen molar-refractivity contribution in [3.63, 3.8) is 0 Å². The van der Waals surface area contributed by atoms with Gasteiger partial charge in [-0.1, -0.05) is 49.2 Å². The molecule has 2 amide bonds. The predicted molar refractivity (Wildman–Crippen MR) is 132 cm³/mol. The molecule has 2 aromatic rings. The van der Waals surface area contributed by atoms with E-state index in [0.717, 1.165) is 5.56 Å². The second-order valence-electron chi connectivity index (χ2n) is 8.08. The van der Waals surface area contributed by atoms with Crippen molar-refractivity contribution in [3.05, 3.63) is 63.6 Å². The molecule has 180 valence electrons. The first-order valence-corrected chi connectivity index (χ1v) is 11.4. The summed E-state index contributed by atoms with van der Waals surface area (Å²) in [4.78, 5) is 35.4. The van der Waals surface area contributed by atoms with Gasteiger partial charge in [0.1, 0.15) is 0 Å².